The minimum atomic E-state index is -2.11. The first-order valence-electron chi connectivity index (χ1n) is 11.5. The number of anilines is 2. The van der Waals surface area contributed by atoms with Gasteiger partial charge in [0.15, 0.2) is 11.5 Å². The number of halogens is 6. The number of nitrogens with one attached hydrogen (secondary N) is 4. The molecule has 0 unspecified atom stereocenters. The highest BCUT2D eigenvalue weighted by atomic mass is 35.6. The fourth-order valence-electron chi connectivity index (χ4n) is 3.10. The van der Waals surface area contributed by atoms with Gasteiger partial charge in [0.05, 0.1) is 0 Å². The fraction of sp³-hybridized carbons (Fsp3) is 0.231. The number of urea groups is 2. The molecular weight excluding hydrogens is 645 g/mol. The lowest BCUT2D eigenvalue weighted by molar-refractivity contribution is 0.140. The van der Waals surface area contributed by atoms with E-state index in [1.807, 2.05) is 38.1 Å². The summed E-state index contributed by atoms with van der Waals surface area (Å²) < 4.78 is 7.40. The van der Waals surface area contributed by atoms with Crippen molar-refractivity contribution in [3.63, 3.8) is 0 Å². The molecule has 0 fully saturated rings. The number of alkyl halides is 6. The lowest BCUT2D eigenvalue weighted by atomic mass is 10.2. The van der Waals surface area contributed by atoms with E-state index in [2.05, 4.69) is 21.3 Å². The lowest BCUT2D eigenvalue weighted by Gasteiger charge is -2.29. The summed E-state index contributed by atoms with van der Waals surface area (Å²) >= 11 is 36.6. The molecule has 0 aromatic heterocycles. The zero-order chi connectivity index (χ0) is 29.5. The predicted octanol–water partition coefficient (Wildman–Crippen LogP) is 8.10. The van der Waals surface area contributed by atoms with Gasteiger partial charge in [-0.3, -0.25) is 10.6 Å². The molecule has 0 radical (unpaired) electrons. The molecule has 0 saturated heterocycles. The molecule has 0 aliphatic carbocycles. The SMILES string of the molecule is Cc1ccc(NC(=O)N[C@H](Oc2ccccc2O[C@@H](NC(=O)Nc2ccc(C)cc2)C(Cl)(Cl)Cl)C(Cl)(Cl)Cl)cc1. The van der Waals surface area contributed by atoms with Gasteiger partial charge in [-0.2, -0.15) is 0 Å². The van der Waals surface area contributed by atoms with Crippen LogP contribution in [0.2, 0.25) is 0 Å². The predicted molar refractivity (Wildman–Crippen MR) is 163 cm³/mol. The van der Waals surface area contributed by atoms with Gasteiger partial charge in [0.2, 0.25) is 20.0 Å². The van der Waals surface area contributed by atoms with Gasteiger partial charge in [-0.1, -0.05) is 117 Å². The Kier molecular flexibility index (Phi) is 11.2. The first-order valence-corrected chi connectivity index (χ1v) is 13.8. The van der Waals surface area contributed by atoms with Crippen LogP contribution in [-0.2, 0) is 0 Å². The summed E-state index contributed by atoms with van der Waals surface area (Å²) in [6.45, 7) is 3.82. The Hall–Kier alpha value is -2.46. The van der Waals surface area contributed by atoms with E-state index in [0.717, 1.165) is 11.1 Å². The Labute approximate surface area is 261 Å². The molecule has 40 heavy (non-hydrogen) atoms. The third-order valence-electron chi connectivity index (χ3n) is 5.08. The molecule has 14 heteroatoms. The molecule has 0 saturated carbocycles. The van der Waals surface area contributed by atoms with Crippen LogP contribution in [0.25, 0.3) is 0 Å². The van der Waals surface area contributed by atoms with Crippen molar-refractivity contribution in [2.24, 2.45) is 0 Å². The number of aryl methyl sites for hydroxylation is 2. The molecule has 4 N–H and O–H groups in total. The highest BCUT2D eigenvalue weighted by Crippen LogP contribution is 2.38. The number of hydrogen-bond acceptors (Lipinski definition) is 4. The first kappa shape index (κ1) is 32.1. The number of carbonyl (C=O) groups is 2. The Morgan fingerprint density at radius 1 is 0.600 bits per heavy atom. The fourth-order valence-corrected chi connectivity index (χ4v) is 3.70. The maximum Gasteiger partial charge on any atom is 0.322 e. The number of para-hydroxylation sites is 2. The molecule has 3 rings (SSSR count). The van der Waals surface area contributed by atoms with Crippen LogP contribution in [0.1, 0.15) is 11.1 Å². The summed E-state index contributed by atoms with van der Waals surface area (Å²) in [6, 6.07) is 18.9. The first-order chi connectivity index (χ1) is 18.7. The van der Waals surface area contributed by atoms with E-state index < -0.39 is 32.1 Å². The molecule has 0 bridgehead atoms. The molecule has 2 atom stereocenters. The summed E-state index contributed by atoms with van der Waals surface area (Å²) in [5, 5.41) is 10.2. The Bertz CT molecular complexity index is 1200. The van der Waals surface area contributed by atoms with Crippen LogP contribution in [-0.4, -0.2) is 32.1 Å². The molecule has 0 spiro atoms. The van der Waals surface area contributed by atoms with Gasteiger partial charge in [-0.15, -0.1) is 0 Å². The zero-order valence-corrected chi connectivity index (χ0v) is 25.5. The molecule has 0 aliphatic heterocycles. The van der Waals surface area contributed by atoms with Crippen LogP contribution in [0.3, 0.4) is 0 Å². The van der Waals surface area contributed by atoms with Crippen LogP contribution >= 0.6 is 69.6 Å². The monoisotopic (exact) mass is 666 g/mol. The van der Waals surface area contributed by atoms with Crippen LogP contribution in [0, 0.1) is 13.8 Å². The van der Waals surface area contributed by atoms with E-state index in [0.29, 0.717) is 11.4 Å². The van der Waals surface area contributed by atoms with Crippen molar-refractivity contribution in [3.05, 3.63) is 83.9 Å². The van der Waals surface area contributed by atoms with Gasteiger partial charge < -0.3 is 20.1 Å². The Morgan fingerprint density at radius 3 is 1.23 bits per heavy atom. The number of carbonyl (C=O) groups excluding carboxylic acids is 2. The van der Waals surface area contributed by atoms with Crippen molar-refractivity contribution in [1.82, 2.24) is 10.6 Å². The highest BCUT2D eigenvalue weighted by molar-refractivity contribution is 6.68. The normalized spacial score (nSPS) is 13.0. The molecule has 214 valence electrons. The van der Waals surface area contributed by atoms with E-state index in [4.69, 9.17) is 79.1 Å². The third-order valence-corrected chi connectivity index (χ3v) is 6.27. The third kappa shape index (κ3) is 10.2. The van der Waals surface area contributed by atoms with Gasteiger partial charge in [-0.05, 0) is 50.2 Å². The zero-order valence-electron chi connectivity index (χ0n) is 21.0. The second-order valence-electron chi connectivity index (χ2n) is 8.45. The number of hydrogen-bond donors (Lipinski definition) is 4. The smallest absolute Gasteiger partial charge is 0.322 e. The number of amides is 4. The quantitative estimate of drug-likeness (QED) is 0.144. The molecule has 8 nitrogen and oxygen atoms in total. The molecule has 4 amide bonds. The average molecular weight is 669 g/mol. The molecule has 3 aromatic rings. The van der Waals surface area contributed by atoms with E-state index in [1.165, 1.54) is 12.1 Å². The summed E-state index contributed by atoms with van der Waals surface area (Å²) in [5.74, 6) is 0.0175. The van der Waals surface area contributed by atoms with Crippen molar-refractivity contribution < 1.29 is 19.1 Å². The molecule has 3 aromatic carbocycles. The number of rotatable bonds is 8. The van der Waals surface area contributed by atoms with E-state index in [1.54, 1.807) is 36.4 Å². The second-order valence-corrected chi connectivity index (χ2v) is 13.2. The molecule has 0 aliphatic rings. The van der Waals surface area contributed by atoms with E-state index in [9.17, 15) is 9.59 Å². The number of benzene rings is 3. The van der Waals surface area contributed by atoms with Gasteiger partial charge in [-0.25, -0.2) is 9.59 Å². The second kappa shape index (κ2) is 13.9. The van der Waals surface area contributed by atoms with Crippen LogP contribution in [0.15, 0.2) is 72.8 Å². The minimum absolute atomic E-state index is 0.00875. The van der Waals surface area contributed by atoms with E-state index in [-0.39, 0.29) is 11.5 Å². The van der Waals surface area contributed by atoms with Crippen molar-refractivity contribution in [2.45, 2.75) is 33.9 Å². The largest absolute Gasteiger partial charge is 0.462 e. The molecule has 0 heterocycles. The van der Waals surface area contributed by atoms with Crippen LogP contribution < -0.4 is 30.7 Å². The number of ether oxygens (including phenoxy) is 2. The maximum absolute atomic E-state index is 12.6. The Balaban J connectivity index is 1.74. The van der Waals surface area contributed by atoms with Gasteiger partial charge >= 0.3 is 12.1 Å². The van der Waals surface area contributed by atoms with Gasteiger partial charge in [0.1, 0.15) is 0 Å². The Morgan fingerprint density at radius 2 is 0.925 bits per heavy atom. The highest BCUT2D eigenvalue weighted by Gasteiger charge is 2.39. The van der Waals surface area contributed by atoms with Crippen LogP contribution in [0.4, 0.5) is 21.0 Å². The van der Waals surface area contributed by atoms with Crippen molar-refractivity contribution >= 4 is 93.0 Å². The summed E-state index contributed by atoms with van der Waals surface area (Å²) in [5.41, 5.74) is 3.05. The summed E-state index contributed by atoms with van der Waals surface area (Å²) in [7, 11) is 0. The summed E-state index contributed by atoms with van der Waals surface area (Å²) in [6.07, 6.45) is -2.98. The lowest BCUT2D eigenvalue weighted by Crippen LogP contribution is -2.50. The average Bonchev–Trinajstić information content (AvgIpc) is 2.86. The topological polar surface area (TPSA) is 101 Å². The van der Waals surface area contributed by atoms with Gasteiger partial charge in [0.25, 0.3) is 0 Å². The minimum Gasteiger partial charge on any atom is -0.462 e. The summed E-state index contributed by atoms with van der Waals surface area (Å²) in [4.78, 5) is 25.2. The van der Waals surface area contributed by atoms with E-state index >= 15 is 0 Å². The maximum atomic E-state index is 12.6. The van der Waals surface area contributed by atoms with Crippen molar-refractivity contribution in [2.75, 3.05) is 10.6 Å². The van der Waals surface area contributed by atoms with Crippen LogP contribution in [0.5, 0.6) is 11.5 Å². The van der Waals surface area contributed by atoms with Crippen molar-refractivity contribution in [1.29, 1.82) is 0 Å². The van der Waals surface area contributed by atoms with Crippen molar-refractivity contribution in [3.8, 4) is 11.5 Å². The standard InChI is InChI=1S/C26H24Cl6N4O4/c1-15-7-11-17(12-8-15)33-23(37)35-21(25(27,28)29)39-19-5-3-4-6-20(19)40-22(26(30,31)32)36-24(38)34-18-13-9-16(2)10-14-18/h3-14,21-22H,1-2H3,(H2,33,35,37)(H2,34,36,38)/t21-,22-/m1/s1. The van der Waals surface area contributed by atoms with Gasteiger partial charge in [0, 0.05) is 11.4 Å². The molecular formula is C26H24Cl6N4O4.